The fourth-order valence-electron chi connectivity index (χ4n) is 5.09. The van der Waals surface area contributed by atoms with Gasteiger partial charge in [-0.2, -0.15) is 18.3 Å². The molecule has 6 rings (SSSR count). The van der Waals surface area contributed by atoms with Gasteiger partial charge in [0.2, 0.25) is 5.91 Å². The van der Waals surface area contributed by atoms with Crippen LogP contribution in [0.4, 0.5) is 18.9 Å². The number of anilines is 1. The molecule has 4 aromatic rings. The van der Waals surface area contributed by atoms with E-state index in [1.54, 1.807) is 19.5 Å². The summed E-state index contributed by atoms with van der Waals surface area (Å²) >= 11 is 1.01. The van der Waals surface area contributed by atoms with Crippen molar-refractivity contribution in [3.8, 4) is 11.4 Å². The van der Waals surface area contributed by atoms with Crippen molar-refractivity contribution in [2.75, 3.05) is 18.2 Å². The first-order chi connectivity index (χ1) is 18.7. The Morgan fingerprint density at radius 3 is 2.87 bits per heavy atom. The lowest BCUT2D eigenvalue weighted by Crippen LogP contribution is -2.39. The summed E-state index contributed by atoms with van der Waals surface area (Å²) < 4.78 is 48.8. The van der Waals surface area contributed by atoms with Gasteiger partial charge in [-0.15, -0.1) is 11.8 Å². The number of thioether (sulfide) groups is 1. The van der Waals surface area contributed by atoms with Gasteiger partial charge in [0.1, 0.15) is 5.75 Å². The van der Waals surface area contributed by atoms with Crippen molar-refractivity contribution in [1.82, 2.24) is 20.1 Å². The highest BCUT2D eigenvalue weighted by atomic mass is 32.2. The molecule has 0 saturated carbocycles. The molecule has 1 atom stereocenters. The van der Waals surface area contributed by atoms with Crippen LogP contribution in [0.25, 0.3) is 16.6 Å². The molecule has 1 aliphatic carbocycles. The van der Waals surface area contributed by atoms with Gasteiger partial charge >= 0.3 is 6.18 Å². The summed E-state index contributed by atoms with van der Waals surface area (Å²) in [6, 6.07) is 9.16. The normalized spacial score (nSPS) is 16.8. The van der Waals surface area contributed by atoms with Crippen molar-refractivity contribution in [2.24, 2.45) is 0 Å². The maximum Gasteiger partial charge on any atom is 0.417 e. The Hall–Kier alpha value is -4.06. The van der Waals surface area contributed by atoms with Crippen LogP contribution in [0, 0.1) is 0 Å². The Bertz CT molecular complexity index is 1640. The number of carbonyl (C=O) groups is 2. The minimum atomic E-state index is -4.72. The molecule has 1 unspecified atom stereocenters. The first-order valence-corrected chi connectivity index (χ1v) is 13.2. The van der Waals surface area contributed by atoms with E-state index in [2.05, 4.69) is 20.7 Å². The van der Waals surface area contributed by atoms with Gasteiger partial charge < -0.3 is 15.4 Å². The van der Waals surface area contributed by atoms with Crippen molar-refractivity contribution >= 4 is 40.2 Å². The van der Waals surface area contributed by atoms with Gasteiger partial charge in [0.05, 0.1) is 47.1 Å². The number of rotatable bonds is 4. The number of hydrogen-bond donors (Lipinski definition) is 2. The molecule has 0 spiro atoms. The highest BCUT2D eigenvalue weighted by Crippen LogP contribution is 2.40. The number of aromatic nitrogens is 3. The minimum Gasteiger partial charge on any atom is -0.497 e. The lowest BCUT2D eigenvalue weighted by atomic mass is 9.92. The zero-order valence-electron chi connectivity index (χ0n) is 20.6. The Balaban J connectivity index is 1.26. The number of benzene rings is 2. The number of pyridine rings is 1. The second-order valence-corrected chi connectivity index (χ2v) is 10.4. The van der Waals surface area contributed by atoms with Crippen LogP contribution in [0.3, 0.4) is 0 Å². The monoisotopic (exact) mass is 553 g/mol. The predicted octanol–water partition coefficient (Wildman–Crippen LogP) is 4.78. The molecule has 8 nitrogen and oxygen atoms in total. The third kappa shape index (κ3) is 4.69. The number of halogens is 3. The summed E-state index contributed by atoms with van der Waals surface area (Å²) in [4.78, 5) is 29.6. The third-order valence-corrected chi connectivity index (χ3v) is 8.00. The molecular formula is C27H22F3N5O3S. The zero-order chi connectivity index (χ0) is 27.3. The molecule has 3 heterocycles. The van der Waals surface area contributed by atoms with E-state index in [0.29, 0.717) is 25.0 Å². The van der Waals surface area contributed by atoms with E-state index in [0.717, 1.165) is 51.7 Å². The second kappa shape index (κ2) is 9.60. The summed E-state index contributed by atoms with van der Waals surface area (Å²) in [5.41, 5.74) is 2.19. The van der Waals surface area contributed by atoms with Crippen molar-refractivity contribution in [2.45, 2.75) is 36.4 Å². The maximum atomic E-state index is 13.9. The summed E-state index contributed by atoms with van der Waals surface area (Å²) in [5.74, 6) is -0.436. The van der Waals surface area contributed by atoms with Gasteiger partial charge in [0.25, 0.3) is 5.91 Å². The molecule has 0 radical (unpaired) electrons. The average molecular weight is 554 g/mol. The summed E-state index contributed by atoms with van der Waals surface area (Å²) in [5, 5.41) is 10.8. The van der Waals surface area contributed by atoms with Gasteiger partial charge in [-0.3, -0.25) is 14.6 Å². The highest BCUT2D eigenvalue weighted by Gasteiger charge is 2.38. The van der Waals surface area contributed by atoms with Crippen LogP contribution in [-0.4, -0.2) is 45.5 Å². The Labute approximate surface area is 224 Å². The number of ether oxygens (including phenoxy) is 1. The van der Waals surface area contributed by atoms with Crippen LogP contribution in [0.15, 0.2) is 53.7 Å². The Kier molecular flexibility index (Phi) is 6.21. The van der Waals surface area contributed by atoms with Crippen LogP contribution in [0.2, 0.25) is 0 Å². The minimum absolute atomic E-state index is 0.0246. The fourth-order valence-corrected chi connectivity index (χ4v) is 5.91. The Morgan fingerprint density at radius 1 is 1.23 bits per heavy atom. The van der Waals surface area contributed by atoms with Gasteiger partial charge in [-0.25, -0.2) is 4.68 Å². The first-order valence-electron chi connectivity index (χ1n) is 12.2. The molecule has 1 aliphatic heterocycles. The molecule has 2 amide bonds. The van der Waals surface area contributed by atoms with Crippen LogP contribution in [0.5, 0.6) is 5.75 Å². The van der Waals surface area contributed by atoms with Crippen molar-refractivity contribution < 1.29 is 27.5 Å². The van der Waals surface area contributed by atoms with Crippen LogP contribution in [-0.2, 0) is 23.8 Å². The fraction of sp³-hybridized carbons (Fsp3) is 0.259. The lowest BCUT2D eigenvalue weighted by Gasteiger charge is -2.26. The summed E-state index contributed by atoms with van der Waals surface area (Å²) in [6.07, 6.45) is 0.230. The third-order valence-electron chi connectivity index (χ3n) is 6.94. The smallest absolute Gasteiger partial charge is 0.417 e. The number of nitrogens with one attached hydrogen (secondary N) is 2. The van der Waals surface area contributed by atoms with E-state index in [4.69, 9.17) is 4.74 Å². The van der Waals surface area contributed by atoms with Crippen molar-refractivity contribution in [1.29, 1.82) is 0 Å². The van der Waals surface area contributed by atoms with E-state index in [-0.39, 0.29) is 28.3 Å². The van der Waals surface area contributed by atoms with Crippen molar-refractivity contribution in [3.05, 3.63) is 71.2 Å². The summed E-state index contributed by atoms with van der Waals surface area (Å²) in [7, 11) is 1.60. The molecule has 2 aromatic heterocycles. The topological polar surface area (TPSA) is 98.1 Å². The lowest BCUT2D eigenvalue weighted by molar-refractivity contribution is -0.138. The second-order valence-electron chi connectivity index (χ2n) is 9.38. The van der Waals surface area contributed by atoms with E-state index < -0.39 is 23.2 Å². The number of alkyl halides is 3. The van der Waals surface area contributed by atoms with Gasteiger partial charge in [0, 0.05) is 28.2 Å². The number of fused-ring (bicyclic) bond motifs is 3. The first kappa shape index (κ1) is 25.2. The largest absolute Gasteiger partial charge is 0.497 e. The van der Waals surface area contributed by atoms with E-state index in [1.807, 2.05) is 28.9 Å². The number of amides is 2. The van der Waals surface area contributed by atoms with E-state index in [1.165, 1.54) is 0 Å². The SMILES string of the molecule is COc1ccc2nccc(-n3ncc4c3CCC(NC(=O)c3cc5c(cc3C(F)(F)F)SCC(=O)N5)C4)c2c1. The molecule has 2 aliphatic rings. The molecule has 2 aromatic carbocycles. The zero-order valence-corrected chi connectivity index (χ0v) is 21.4. The number of hydrogen-bond acceptors (Lipinski definition) is 6. The van der Waals surface area contributed by atoms with E-state index >= 15 is 0 Å². The molecule has 0 fully saturated rings. The molecule has 39 heavy (non-hydrogen) atoms. The van der Waals surface area contributed by atoms with Crippen LogP contribution in [0.1, 0.15) is 33.6 Å². The molecule has 2 N–H and O–H groups in total. The maximum absolute atomic E-state index is 13.9. The summed E-state index contributed by atoms with van der Waals surface area (Å²) in [6.45, 7) is 0. The molecule has 0 saturated heterocycles. The molecule has 0 bridgehead atoms. The number of methoxy groups -OCH3 is 1. The molecule has 12 heteroatoms. The van der Waals surface area contributed by atoms with E-state index in [9.17, 15) is 22.8 Å². The van der Waals surface area contributed by atoms with Crippen molar-refractivity contribution in [3.63, 3.8) is 0 Å². The number of nitrogens with zero attached hydrogens (tertiary/aromatic N) is 3. The Morgan fingerprint density at radius 2 is 2.08 bits per heavy atom. The van der Waals surface area contributed by atoms with Crippen LogP contribution < -0.4 is 15.4 Å². The predicted molar refractivity (Wildman–Crippen MR) is 139 cm³/mol. The molecular weight excluding hydrogens is 531 g/mol. The van der Waals surface area contributed by atoms with Gasteiger partial charge in [-0.1, -0.05) is 0 Å². The average Bonchev–Trinajstić information content (AvgIpc) is 3.34. The van der Waals surface area contributed by atoms with Crippen LogP contribution >= 0.6 is 11.8 Å². The quantitative estimate of drug-likeness (QED) is 0.378. The van der Waals surface area contributed by atoms with Gasteiger partial charge in [0.15, 0.2) is 0 Å². The molecule has 200 valence electrons. The number of carbonyl (C=O) groups excluding carboxylic acids is 2. The van der Waals surface area contributed by atoms with Gasteiger partial charge in [-0.05, 0) is 61.2 Å². The standard InChI is InChI=1S/C27H22F3N5O3S/c1-38-16-3-4-20-18(9-16)23(6-7-31-20)35-22-5-2-15(8-14(22)12-32-35)33-26(37)17-10-21-24(39-13-25(36)34-21)11-19(17)27(28,29)30/h3-4,6-7,9-12,15H,2,5,8,13H2,1H3,(H,33,37)(H,34,36). The highest BCUT2D eigenvalue weighted by molar-refractivity contribution is 8.00.